The van der Waals surface area contributed by atoms with Gasteiger partial charge in [-0.05, 0) is 85.7 Å². The number of ether oxygens (including phenoxy) is 1. The highest BCUT2D eigenvalue weighted by Crippen LogP contribution is 2.40. The number of allylic oxidation sites excluding steroid dienone is 1. The molecule has 0 atom stereocenters. The molecular formula is C26H31Cl2NO. The van der Waals surface area contributed by atoms with Crippen LogP contribution in [0.25, 0.3) is 11.6 Å². The van der Waals surface area contributed by atoms with Gasteiger partial charge in [0.2, 0.25) is 0 Å². The van der Waals surface area contributed by atoms with E-state index in [1.54, 1.807) is 7.11 Å². The molecule has 2 aromatic carbocycles. The number of hydrogen-bond acceptors (Lipinski definition) is 2. The Kier molecular flexibility index (Phi) is 8.44. The molecule has 0 aromatic heterocycles. The second kappa shape index (κ2) is 11.0. The number of benzene rings is 2. The van der Waals surface area contributed by atoms with Gasteiger partial charge in [-0.2, -0.15) is 0 Å². The predicted octanol–water partition coefficient (Wildman–Crippen LogP) is 7.28. The molecule has 30 heavy (non-hydrogen) atoms. The molecular weight excluding hydrogens is 413 g/mol. The molecule has 1 aliphatic carbocycles. The van der Waals surface area contributed by atoms with Crippen molar-refractivity contribution in [3.63, 3.8) is 0 Å². The average Bonchev–Trinajstić information content (AvgIpc) is 2.77. The van der Waals surface area contributed by atoms with E-state index in [4.69, 9.17) is 16.3 Å². The summed E-state index contributed by atoms with van der Waals surface area (Å²) in [6.45, 7) is 3.45. The van der Waals surface area contributed by atoms with Gasteiger partial charge in [0, 0.05) is 17.1 Å². The van der Waals surface area contributed by atoms with E-state index < -0.39 is 0 Å². The van der Waals surface area contributed by atoms with Gasteiger partial charge in [-0.25, -0.2) is 0 Å². The molecule has 2 aliphatic rings. The second-order valence-corrected chi connectivity index (χ2v) is 8.51. The Labute approximate surface area is 192 Å². The number of piperidine rings is 1. The molecule has 0 spiro atoms. The fourth-order valence-corrected chi connectivity index (χ4v) is 4.73. The number of likely N-dealkylation sites (tertiary alicyclic amines) is 1. The lowest BCUT2D eigenvalue weighted by Gasteiger charge is -2.32. The molecule has 0 amide bonds. The number of methoxy groups -OCH3 is 1. The number of halogens is 2. The van der Waals surface area contributed by atoms with Gasteiger partial charge in [0.15, 0.2) is 0 Å². The van der Waals surface area contributed by atoms with Crippen molar-refractivity contribution in [1.82, 2.24) is 4.90 Å². The molecule has 0 unspecified atom stereocenters. The van der Waals surface area contributed by atoms with E-state index in [0.29, 0.717) is 0 Å². The maximum Gasteiger partial charge on any atom is 0.126 e. The van der Waals surface area contributed by atoms with E-state index in [1.807, 2.05) is 12.1 Å². The Bertz CT molecular complexity index is 896. The maximum absolute atomic E-state index is 6.10. The molecule has 0 bridgehead atoms. The van der Waals surface area contributed by atoms with Gasteiger partial charge < -0.3 is 4.74 Å². The number of hydrogen-bond donors (Lipinski definition) is 0. The third kappa shape index (κ3) is 5.49. The van der Waals surface area contributed by atoms with Gasteiger partial charge in [0.25, 0.3) is 0 Å². The van der Waals surface area contributed by atoms with Crippen LogP contribution in [0.1, 0.15) is 49.7 Å². The summed E-state index contributed by atoms with van der Waals surface area (Å²) in [7, 11) is 1.77. The van der Waals surface area contributed by atoms with Gasteiger partial charge in [-0.15, -0.1) is 12.4 Å². The van der Waals surface area contributed by atoms with Gasteiger partial charge in [0.1, 0.15) is 5.75 Å². The normalized spacial score (nSPS) is 18.9. The Morgan fingerprint density at radius 1 is 0.933 bits per heavy atom. The lowest BCUT2D eigenvalue weighted by Crippen LogP contribution is -2.32. The van der Waals surface area contributed by atoms with Crippen LogP contribution in [0.4, 0.5) is 0 Å². The minimum absolute atomic E-state index is 0. The summed E-state index contributed by atoms with van der Waals surface area (Å²) in [5, 5.41) is 0.787. The molecule has 1 aliphatic heterocycles. The van der Waals surface area contributed by atoms with Crippen LogP contribution in [0.15, 0.2) is 59.7 Å². The predicted molar refractivity (Wildman–Crippen MR) is 131 cm³/mol. The molecule has 2 aromatic rings. The fourth-order valence-electron chi connectivity index (χ4n) is 4.60. The van der Waals surface area contributed by atoms with Crippen LogP contribution in [-0.2, 0) is 0 Å². The van der Waals surface area contributed by atoms with E-state index in [2.05, 4.69) is 47.4 Å². The highest BCUT2D eigenvalue weighted by Gasteiger charge is 2.23. The second-order valence-electron chi connectivity index (χ2n) is 8.07. The molecule has 4 rings (SSSR count). The van der Waals surface area contributed by atoms with Crippen molar-refractivity contribution in [2.24, 2.45) is 0 Å². The Morgan fingerprint density at radius 2 is 1.67 bits per heavy atom. The highest BCUT2D eigenvalue weighted by atomic mass is 35.5. The summed E-state index contributed by atoms with van der Waals surface area (Å²) in [5.41, 5.74) is 6.90. The van der Waals surface area contributed by atoms with Gasteiger partial charge in [-0.3, -0.25) is 4.90 Å². The van der Waals surface area contributed by atoms with Crippen molar-refractivity contribution in [3.8, 4) is 5.75 Å². The monoisotopic (exact) mass is 443 g/mol. The summed E-state index contributed by atoms with van der Waals surface area (Å²) in [5.74, 6) is 0.978. The minimum Gasteiger partial charge on any atom is -0.496 e. The molecule has 0 radical (unpaired) electrons. The minimum atomic E-state index is 0. The highest BCUT2D eigenvalue weighted by molar-refractivity contribution is 6.30. The summed E-state index contributed by atoms with van der Waals surface area (Å²) in [6, 6.07) is 16.7. The topological polar surface area (TPSA) is 12.5 Å². The average molecular weight is 444 g/mol. The van der Waals surface area contributed by atoms with Gasteiger partial charge >= 0.3 is 0 Å². The Morgan fingerprint density at radius 3 is 2.40 bits per heavy atom. The molecule has 1 heterocycles. The summed E-state index contributed by atoms with van der Waals surface area (Å²) >= 11 is 6.10. The van der Waals surface area contributed by atoms with E-state index in [-0.39, 0.29) is 12.4 Å². The third-order valence-corrected chi connectivity index (χ3v) is 6.35. The van der Waals surface area contributed by atoms with Crippen LogP contribution >= 0.6 is 24.0 Å². The van der Waals surface area contributed by atoms with Crippen LogP contribution in [0.5, 0.6) is 5.75 Å². The lowest BCUT2D eigenvalue weighted by atomic mass is 9.82. The molecule has 160 valence electrons. The molecule has 0 N–H and O–H groups in total. The van der Waals surface area contributed by atoms with Gasteiger partial charge in [-0.1, -0.05) is 54.4 Å². The number of nitrogens with zero attached hydrogens (tertiary/aromatic N) is 1. The van der Waals surface area contributed by atoms with Crippen molar-refractivity contribution < 1.29 is 4.74 Å². The fraction of sp³-hybridized carbons (Fsp3) is 0.385. The first-order valence-electron chi connectivity index (χ1n) is 10.8. The zero-order chi connectivity index (χ0) is 20.1. The van der Waals surface area contributed by atoms with Crippen molar-refractivity contribution in [1.29, 1.82) is 0 Å². The zero-order valence-corrected chi connectivity index (χ0v) is 19.3. The van der Waals surface area contributed by atoms with Crippen molar-refractivity contribution in [3.05, 3.63) is 75.8 Å². The first-order chi connectivity index (χ1) is 14.2. The Balaban J connectivity index is 0.00000256. The molecule has 2 nitrogen and oxygen atoms in total. The first-order valence-corrected chi connectivity index (χ1v) is 11.2. The van der Waals surface area contributed by atoms with E-state index in [9.17, 15) is 0 Å². The van der Waals surface area contributed by atoms with Crippen LogP contribution in [-0.4, -0.2) is 31.6 Å². The Hall–Kier alpha value is -1.74. The van der Waals surface area contributed by atoms with Crippen molar-refractivity contribution >= 4 is 35.7 Å². The maximum atomic E-state index is 6.10. The van der Waals surface area contributed by atoms with E-state index in [1.165, 1.54) is 66.6 Å². The standard InChI is InChI=1S/C26H30ClNO.ClH/c1-29-26-11-4-3-9-24(26)23-10-7-8-21(18-20-12-14-22(27)15-13-20)25(23)19-28-16-5-2-6-17-28;/h3-4,9,11-15,18H,2,5-8,10,16-17,19H2,1H3;1H/b21-18+;. The van der Waals surface area contributed by atoms with Crippen LogP contribution < -0.4 is 4.74 Å². The van der Waals surface area contributed by atoms with Crippen molar-refractivity contribution in [2.45, 2.75) is 38.5 Å². The molecule has 0 saturated carbocycles. The number of para-hydroxylation sites is 1. The zero-order valence-electron chi connectivity index (χ0n) is 17.7. The van der Waals surface area contributed by atoms with Crippen LogP contribution in [0.2, 0.25) is 5.02 Å². The lowest BCUT2D eigenvalue weighted by molar-refractivity contribution is 0.247. The quantitative estimate of drug-likeness (QED) is 0.481. The van der Waals surface area contributed by atoms with Crippen molar-refractivity contribution in [2.75, 3.05) is 26.7 Å². The summed E-state index contributed by atoms with van der Waals surface area (Å²) in [4.78, 5) is 2.63. The first kappa shape index (κ1) is 22.9. The number of rotatable bonds is 5. The van der Waals surface area contributed by atoms with E-state index >= 15 is 0 Å². The van der Waals surface area contributed by atoms with Crippen LogP contribution in [0.3, 0.4) is 0 Å². The van der Waals surface area contributed by atoms with E-state index in [0.717, 1.165) is 30.2 Å². The third-order valence-electron chi connectivity index (χ3n) is 6.10. The summed E-state index contributed by atoms with van der Waals surface area (Å²) < 4.78 is 5.72. The van der Waals surface area contributed by atoms with Crippen LogP contribution in [0, 0.1) is 0 Å². The van der Waals surface area contributed by atoms with Gasteiger partial charge in [0.05, 0.1) is 7.11 Å². The molecule has 1 fully saturated rings. The molecule has 1 saturated heterocycles. The largest absolute Gasteiger partial charge is 0.496 e. The smallest absolute Gasteiger partial charge is 0.126 e. The summed E-state index contributed by atoms with van der Waals surface area (Å²) in [6.07, 6.45) is 9.77. The molecule has 4 heteroatoms. The SMILES string of the molecule is COc1ccccc1C1=C(CN2CCCCC2)/C(=C/c2ccc(Cl)cc2)CCC1.Cl.